The summed E-state index contributed by atoms with van der Waals surface area (Å²) in [6.07, 6.45) is -4.85. The summed E-state index contributed by atoms with van der Waals surface area (Å²) >= 11 is 1.15. The molecule has 0 unspecified atom stereocenters. The molecular weight excluding hydrogens is 296 g/mol. The van der Waals surface area contributed by atoms with Crippen molar-refractivity contribution < 1.29 is 22.4 Å². The molecule has 8 heteroatoms. The summed E-state index contributed by atoms with van der Waals surface area (Å²) in [4.78, 5) is 15.7. The molecule has 0 aliphatic rings. The average Bonchev–Trinajstić information content (AvgIpc) is 2.73. The number of halogens is 4. The molecule has 106 valence electrons. The van der Waals surface area contributed by atoms with E-state index in [1.165, 1.54) is 0 Å². The normalized spacial score (nSPS) is 11.4. The summed E-state index contributed by atoms with van der Waals surface area (Å²) in [7, 11) is 0. The molecule has 0 bridgehead atoms. The third-order valence-electron chi connectivity index (χ3n) is 2.37. The molecule has 0 saturated carbocycles. The Morgan fingerprint density at radius 1 is 1.35 bits per heavy atom. The molecule has 2 rings (SSSR count). The van der Waals surface area contributed by atoms with Crippen molar-refractivity contribution in [3.63, 3.8) is 0 Å². The zero-order valence-electron chi connectivity index (χ0n) is 10.1. The van der Waals surface area contributed by atoms with Gasteiger partial charge in [-0.3, -0.25) is 10.1 Å². The third kappa shape index (κ3) is 3.13. The highest BCUT2D eigenvalue weighted by Crippen LogP contribution is 2.32. The summed E-state index contributed by atoms with van der Waals surface area (Å²) in [5.74, 6) is -2.19. The third-order valence-corrected chi connectivity index (χ3v) is 3.25. The number of thiazole rings is 1. The lowest BCUT2D eigenvalue weighted by Gasteiger charge is -2.09. The smallest absolute Gasteiger partial charge is 0.298 e. The largest absolute Gasteiger partial charge is 0.419 e. The van der Waals surface area contributed by atoms with Crippen LogP contribution in [0.3, 0.4) is 0 Å². The topological polar surface area (TPSA) is 42.0 Å². The van der Waals surface area contributed by atoms with Crippen LogP contribution in [0.1, 0.15) is 21.6 Å². The lowest BCUT2D eigenvalue weighted by molar-refractivity contribution is -0.140. The van der Waals surface area contributed by atoms with Crippen LogP contribution in [0, 0.1) is 12.7 Å². The standard InChI is InChI=1S/C12H8F4N2OS/c1-6-5-20-11(17-6)18-10(19)7-2-3-9(13)8(4-7)12(14,15)16/h2-5H,1H3,(H,17,18,19). The van der Waals surface area contributed by atoms with Gasteiger partial charge in [0.2, 0.25) is 0 Å². The van der Waals surface area contributed by atoms with Crippen molar-refractivity contribution in [3.05, 3.63) is 46.2 Å². The quantitative estimate of drug-likeness (QED) is 0.856. The Balaban J connectivity index is 2.27. The fourth-order valence-corrected chi connectivity index (χ4v) is 2.15. The van der Waals surface area contributed by atoms with Gasteiger partial charge in [-0.15, -0.1) is 11.3 Å². The number of nitrogens with one attached hydrogen (secondary N) is 1. The summed E-state index contributed by atoms with van der Waals surface area (Å²) in [5, 5.41) is 4.31. The number of alkyl halides is 3. The van der Waals surface area contributed by atoms with Crippen molar-refractivity contribution >= 4 is 22.4 Å². The molecule has 3 nitrogen and oxygen atoms in total. The van der Waals surface area contributed by atoms with Crippen LogP contribution in [0.15, 0.2) is 23.6 Å². The van der Waals surface area contributed by atoms with Gasteiger partial charge >= 0.3 is 6.18 Å². The zero-order valence-corrected chi connectivity index (χ0v) is 10.9. The summed E-state index contributed by atoms with van der Waals surface area (Å²) in [5.41, 5.74) is -1.08. The Labute approximate surface area is 115 Å². The van der Waals surface area contributed by atoms with E-state index in [4.69, 9.17) is 0 Å². The van der Waals surface area contributed by atoms with E-state index in [1.807, 2.05) is 0 Å². The van der Waals surface area contributed by atoms with Gasteiger partial charge in [0.1, 0.15) is 5.82 Å². The molecule has 0 atom stereocenters. The fourth-order valence-electron chi connectivity index (χ4n) is 1.46. The highest BCUT2D eigenvalue weighted by molar-refractivity contribution is 7.13. The van der Waals surface area contributed by atoms with Gasteiger partial charge in [-0.05, 0) is 25.1 Å². The van der Waals surface area contributed by atoms with Crippen LogP contribution in [-0.4, -0.2) is 10.9 Å². The van der Waals surface area contributed by atoms with Crippen molar-refractivity contribution in [2.75, 3.05) is 5.32 Å². The molecule has 1 N–H and O–H groups in total. The van der Waals surface area contributed by atoms with Gasteiger partial charge in [0, 0.05) is 10.9 Å². The average molecular weight is 304 g/mol. The molecule has 1 aromatic carbocycles. The monoisotopic (exact) mass is 304 g/mol. The van der Waals surface area contributed by atoms with E-state index in [2.05, 4.69) is 10.3 Å². The van der Waals surface area contributed by atoms with Crippen molar-refractivity contribution in [3.8, 4) is 0 Å². The van der Waals surface area contributed by atoms with E-state index in [1.54, 1.807) is 12.3 Å². The number of rotatable bonds is 2. The molecular formula is C12H8F4N2OS. The van der Waals surface area contributed by atoms with Crippen LogP contribution in [0.2, 0.25) is 0 Å². The van der Waals surface area contributed by atoms with E-state index in [0.717, 1.165) is 17.4 Å². The molecule has 0 aliphatic heterocycles. The summed E-state index contributed by atoms with van der Waals surface area (Å²) in [6.45, 7) is 1.71. The summed E-state index contributed by atoms with van der Waals surface area (Å²) < 4.78 is 50.7. The number of aromatic nitrogens is 1. The van der Waals surface area contributed by atoms with Crippen LogP contribution >= 0.6 is 11.3 Å². The number of carbonyl (C=O) groups excluding carboxylic acids is 1. The van der Waals surface area contributed by atoms with E-state index < -0.39 is 23.5 Å². The predicted octanol–water partition coefficient (Wildman–Crippen LogP) is 3.86. The van der Waals surface area contributed by atoms with Gasteiger partial charge in [0.05, 0.1) is 11.3 Å². The molecule has 0 spiro atoms. The number of nitrogens with zero attached hydrogens (tertiary/aromatic N) is 1. The second kappa shape index (κ2) is 5.20. The van der Waals surface area contributed by atoms with Crippen LogP contribution in [0.25, 0.3) is 0 Å². The Bertz CT molecular complexity index is 651. The number of amides is 1. The van der Waals surface area contributed by atoms with Crippen LogP contribution in [0.4, 0.5) is 22.7 Å². The number of carbonyl (C=O) groups is 1. The van der Waals surface area contributed by atoms with Gasteiger partial charge in [0.15, 0.2) is 5.13 Å². The maximum atomic E-state index is 13.1. The molecule has 20 heavy (non-hydrogen) atoms. The Kier molecular flexibility index (Phi) is 3.76. The Morgan fingerprint density at radius 2 is 2.05 bits per heavy atom. The Hall–Kier alpha value is -1.96. The van der Waals surface area contributed by atoms with E-state index >= 15 is 0 Å². The fraction of sp³-hybridized carbons (Fsp3) is 0.167. The van der Waals surface area contributed by atoms with Gasteiger partial charge in [-0.1, -0.05) is 0 Å². The first-order valence-corrected chi connectivity index (χ1v) is 6.25. The zero-order chi connectivity index (χ0) is 14.9. The van der Waals surface area contributed by atoms with E-state index in [-0.39, 0.29) is 10.7 Å². The first-order valence-electron chi connectivity index (χ1n) is 5.37. The minimum absolute atomic E-state index is 0.269. The van der Waals surface area contributed by atoms with Gasteiger partial charge in [-0.25, -0.2) is 9.37 Å². The van der Waals surface area contributed by atoms with Crippen molar-refractivity contribution in [1.29, 1.82) is 0 Å². The second-order valence-electron chi connectivity index (χ2n) is 3.94. The maximum absolute atomic E-state index is 13.1. The molecule has 0 fully saturated rings. The van der Waals surface area contributed by atoms with Crippen LogP contribution in [0.5, 0.6) is 0 Å². The highest BCUT2D eigenvalue weighted by Gasteiger charge is 2.34. The number of aryl methyl sites for hydroxylation is 1. The van der Waals surface area contributed by atoms with Gasteiger partial charge in [0.25, 0.3) is 5.91 Å². The van der Waals surface area contributed by atoms with Crippen molar-refractivity contribution in [2.45, 2.75) is 13.1 Å². The first kappa shape index (κ1) is 14.4. The molecule has 0 saturated heterocycles. The minimum Gasteiger partial charge on any atom is -0.298 e. The van der Waals surface area contributed by atoms with Crippen LogP contribution < -0.4 is 5.32 Å². The molecule has 0 aliphatic carbocycles. The Morgan fingerprint density at radius 3 is 2.60 bits per heavy atom. The van der Waals surface area contributed by atoms with E-state index in [0.29, 0.717) is 17.8 Å². The van der Waals surface area contributed by atoms with Gasteiger partial charge in [-0.2, -0.15) is 13.2 Å². The molecule has 1 amide bonds. The minimum atomic E-state index is -4.85. The second-order valence-corrected chi connectivity index (χ2v) is 4.80. The van der Waals surface area contributed by atoms with Crippen molar-refractivity contribution in [2.24, 2.45) is 0 Å². The number of benzene rings is 1. The predicted molar refractivity (Wildman–Crippen MR) is 66.2 cm³/mol. The number of anilines is 1. The number of hydrogen-bond acceptors (Lipinski definition) is 3. The number of hydrogen-bond donors (Lipinski definition) is 1. The molecule has 0 radical (unpaired) electrons. The van der Waals surface area contributed by atoms with Crippen molar-refractivity contribution in [1.82, 2.24) is 4.98 Å². The maximum Gasteiger partial charge on any atom is 0.419 e. The molecule has 1 aromatic heterocycles. The molecule has 2 aromatic rings. The van der Waals surface area contributed by atoms with E-state index in [9.17, 15) is 22.4 Å². The lowest BCUT2D eigenvalue weighted by atomic mass is 10.1. The summed E-state index contributed by atoms with van der Waals surface area (Å²) in [6, 6.07) is 2.08. The molecule has 1 heterocycles. The highest BCUT2D eigenvalue weighted by atomic mass is 32.1. The van der Waals surface area contributed by atoms with Crippen LogP contribution in [-0.2, 0) is 6.18 Å². The SMILES string of the molecule is Cc1csc(NC(=O)c2ccc(F)c(C(F)(F)F)c2)n1. The first-order chi connectivity index (χ1) is 9.27. The van der Waals surface area contributed by atoms with Gasteiger partial charge < -0.3 is 0 Å². The lowest BCUT2D eigenvalue weighted by Crippen LogP contribution is -2.15.